The quantitative estimate of drug-likeness (QED) is 0.465. The smallest absolute Gasteiger partial charge is 0.263 e. The molecule has 0 spiro atoms. The number of rotatable bonds is 6. The molecule has 0 saturated carbocycles. The van der Waals surface area contributed by atoms with Crippen LogP contribution in [0.4, 0.5) is 0 Å². The van der Waals surface area contributed by atoms with Crippen LogP contribution in [-0.4, -0.2) is 20.6 Å². The maximum atomic E-state index is 10.7. The van der Waals surface area contributed by atoms with Crippen LogP contribution in [-0.2, 0) is 14.8 Å². The molecule has 0 aliphatic heterocycles. The third-order valence-electron chi connectivity index (χ3n) is 1.21. The van der Waals surface area contributed by atoms with Gasteiger partial charge in [-0.05, 0) is 6.42 Å². The number of unbranched alkanes of at least 4 members (excludes halogenated alkanes) is 2. The van der Waals surface area contributed by atoms with Crippen molar-refractivity contribution in [2.24, 2.45) is 0 Å². The second-order valence-corrected chi connectivity index (χ2v) is 4.07. The summed E-state index contributed by atoms with van der Waals surface area (Å²) in [5, 5.41) is 0. The average Bonchev–Trinajstić information content (AvgIpc) is 1.87. The Kier molecular flexibility index (Phi) is 4.85. The molecule has 0 aromatic rings. The van der Waals surface area contributed by atoms with Gasteiger partial charge in [0.2, 0.25) is 10.0 Å². The molecule has 0 aliphatic rings. The topological polar surface area (TPSA) is 63.2 Å². The number of carbonyl (C=O) groups excluding carboxylic acids is 1. The molecule has 4 nitrogen and oxygen atoms in total. The van der Waals surface area contributed by atoms with Gasteiger partial charge in [0.1, 0.15) is 0 Å². The molecule has 0 heterocycles. The van der Waals surface area contributed by atoms with Gasteiger partial charge in [-0.25, -0.2) is 13.1 Å². The second kappa shape index (κ2) is 5.12. The molecule has 0 rings (SSSR count). The Bertz CT molecular complexity index is 198. The summed E-state index contributed by atoms with van der Waals surface area (Å²) >= 11 is 0. The van der Waals surface area contributed by atoms with Crippen LogP contribution in [0.5, 0.6) is 0 Å². The van der Waals surface area contributed by atoms with Crippen molar-refractivity contribution in [2.45, 2.75) is 26.2 Å². The average molecular weight is 178 g/mol. The number of sulfonamides is 1. The van der Waals surface area contributed by atoms with Crippen molar-refractivity contribution < 1.29 is 13.2 Å². The van der Waals surface area contributed by atoms with E-state index < -0.39 is 10.0 Å². The summed E-state index contributed by atoms with van der Waals surface area (Å²) in [7, 11) is -3.38. The lowest BCUT2D eigenvalue weighted by Crippen LogP contribution is -2.24. The number of hydrogen-bond donors (Lipinski definition) is 1. The zero-order valence-corrected chi connectivity index (χ0v) is 7.28. The fraction of sp³-hybridized carbons (Fsp3) is 0.833. The van der Waals surface area contributed by atoms with Gasteiger partial charge in [-0.2, -0.15) is 0 Å². The predicted molar refractivity (Wildman–Crippen MR) is 42.1 cm³/mol. The van der Waals surface area contributed by atoms with Crippen LogP contribution in [0, 0.1) is 0 Å². The van der Waals surface area contributed by atoms with Crippen molar-refractivity contribution in [1.29, 1.82) is 0 Å². The van der Waals surface area contributed by atoms with Crippen molar-refractivity contribution in [2.75, 3.05) is 5.75 Å². The minimum atomic E-state index is -3.38. The first-order chi connectivity index (χ1) is 5.12. The molecule has 0 aliphatic carbocycles. The van der Waals surface area contributed by atoms with Gasteiger partial charge in [0.05, 0.1) is 5.75 Å². The van der Waals surface area contributed by atoms with Crippen molar-refractivity contribution in [3.63, 3.8) is 0 Å². The summed E-state index contributed by atoms with van der Waals surface area (Å²) in [4.78, 5) is 9.64. The fourth-order valence-corrected chi connectivity index (χ4v) is 1.47. The van der Waals surface area contributed by atoms with E-state index in [2.05, 4.69) is 0 Å². The number of hydrogen-bond acceptors (Lipinski definition) is 3. The lowest BCUT2D eigenvalue weighted by atomic mass is 10.3. The molecular weight excluding hydrogens is 166 g/mol. The van der Waals surface area contributed by atoms with Gasteiger partial charge in [-0.3, -0.25) is 4.79 Å². The zero-order chi connectivity index (χ0) is 8.74. The van der Waals surface area contributed by atoms with Gasteiger partial charge < -0.3 is 0 Å². The number of amides is 1. The minimum absolute atomic E-state index is 0.0100. The second-order valence-electron chi connectivity index (χ2n) is 2.23. The molecule has 0 bridgehead atoms. The number of nitrogens with one attached hydrogen (secondary N) is 1. The summed E-state index contributed by atoms with van der Waals surface area (Å²) in [5.74, 6) is 0.0100. The first kappa shape index (κ1) is 10.4. The molecular formula is C6H12NO3S. The first-order valence-electron chi connectivity index (χ1n) is 3.49. The molecule has 0 aromatic heterocycles. The third kappa shape index (κ3) is 5.84. The Morgan fingerprint density at radius 2 is 2.00 bits per heavy atom. The van der Waals surface area contributed by atoms with E-state index in [-0.39, 0.29) is 5.75 Å². The Labute approximate surface area is 67.0 Å². The Balaban J connectivity index is 3.65. The standard InChI is InChI=1S/C6H12NO3S/c1-2-3-4-5-11(9,10)7-6-8/h2-5H2,1H3,(H,7,8). The molecule has 1 radical (unpaired) electrons. The Hall–Kier alpha value is -0.580. The van der Waals surface area contributed by atoms with E-state index in [0.717, 1.165) is 19.3 Å². The molecule has 0 saturated heterocycles. The summed E-state index contributed by atoms with van der Waals surface area (Å²) in [5.41, 5.74) is 0. The fourth-order valence-electron chi connectivity index (χ4n) is 0.657. The van der Waals surface area contributed by atoms with Gasteiger partial charge in [-0.1, -0.05) is 19.8 Å². The van der Waals surface area contributed by atoms with Crippen LogP contribution >= 0.6 is 0 Å². The molecule has 5 heteroatoms. The third-order valence-corrected chi connectivity index (χ3v) is 2.43. The molecule has 0 atom stereocenters. The Morgan fingerprint density at radius 1 is 1.36 bits per heavy atom. The molecule has 0 aromatic carbocycles. The molecule has 0 unspecified atom stereocenters. The summed E-state index contributed by atoms with van der Waals surface area (Å²) in [6.07, 6.45) is 3.56. The maximum absolute atomic E-state index is 10.7. The molecule has 1 amide bonds. The van der Waals surface area contributed by atoms with E-state index in [0.29, 0.717) is 6.42 Å². The Morgan fingerprint density at radius 3 is 2.45 bits per heavy atom. The SMILES string of the molecule is CCCCCS(=O)(=O)N[C]=O. The predicted octanol–water partition coefficient (Wildman–Crippen LogP) is 0.163. The van der Waals surface area contributed by atoms with E-state index in [1.54, 1.807) is 4.72 Å². The molecule has 65 valence electrons. The van der Waals surface area contributed by atoms with E-state index >= 15 is 0 Å². The van der Waals surface area contributed by atoms with E-state index in [1.807, 2.05) is 6.92 Å². The summed E-state index contributed by atoms with van der Waals surface area (Å²) in [6, 6.07) is 0. The van der Waals surface area contributed by atoms with Crippen LogP contribution in [0.25, 0.3) is 0 Å². The molecule has 1 N–H and O–H groups in total. The monoisotopic (exact) mass is 178 g/mol. The summed E-state index contributed by atoms with van der Waals surface area (Å²) in [6.45, 7) is 1.98. The normalized spacial score (nSPS) is 11.0. The van der Waals surface area contributed by atoms with Gasteiger partial charge in [-0.15, -0.1) is 0 Å². The lowest BCUT2D eigenvalue weighted by molar-refractivity contribution is 0.546. The summed E-state index contributed by atoms with van der Waals surface area (Å²) < 4.78 is 23.1. The van der Waals surface area contributed by atoms with Crippen LogP contribution in [0.3, 0.4) is 0 Å². The first-order valence-corrected chi connectivity index (χ1v) is 5.14. The lowest BCUT2D eigenvalue weighted by Gasteiger charge is -1.98. The minimum Gasteiger partial charge on any atom is -0.263 e. The van der Waals surface area contributed by atoms with Crippen LogP contribution in [0.2, 0.25) is 0 Å². The van der Waals surface area contributed by atoms with Crippen molar-refractivity contribution in [3.8, 4) is 0 Å². The highest BCUT2D eigenvalue weighted by Gasteiger charge is 2.06. The van der Waals surface area contributed by atoms with Gasteiger partial charge >= 0.3 is 6.41 Å². The van der Waals surface area contributed by atoms with Crippen LogP contribution < -0.4 is 4.72 Å². The van der Waals surface area contributed by atoms with Gasteiger partial charge in [0.25, 0.3) is 0 Å². The maximum Gasteiger partial charge on any atom is 0.323 e. The van der Waals surface area contributed by atoms with Crippen molar-refractivity contribution in [3.05, 3.63) is 0 Å². The zero-order valence-electron chi connectivity index (χ0n) is 6.46. The van der Waals surface area contributed by atoms with Crippen LogP contribution in [0.15, 0.2) is 0 Å². The van der Waals surface area contributed by atoms with Crippen molar-refractivity contribution >= 4 is 16.4 Å². The van der Waals surface area contributed by atoms with Gasteiger partial charge in [0.15, 0.2) is 0 Å². The largest absolute Gasteiger partial charge is 0.323 e. The van der Waals surface area contributed by atoms with E-state index in [4.69, 9.17) is 0 Å². The highest BCUT2D eigenvalue weighted by molar-refractivity contribution is 7.89. The molecule has 11 heavy (non-hydrogen) atoms. The molecule has 0 fully saturated rings. The van der Waals surface area contributed by atoms with Gasteiger partial charge in [0, 0.05) is 0 Å². The van der Waals surface area contributed by atoms with Crippen LogP contribution in [0.1, 0.15) is 26.2 Å². The van der Waals surface area contributed by atoms with E-state index in [9.17, 15) is 13.2 Å². The van der Waals surface area contributed by atoms with Crippen molar-refractivity contribution in [1.82, 2.24) is 4.72 Å². The highest BCUT2D eigenvalue weighted by Crippen LogP contribution is 1.96. The van der Waals surface area contributed by atoms with E-state index in [1.165, 1.54) is 0 Å². The highest BCUT2D eigenvalue weighted by atomic mass is 32.2.